The highest BCUT2D eigenvalue weighted by Gasteiger charge is 2.46. The third-order valence-corrected chi connectivity index (χ3v) is 5.25. The molecule has 1 aromatic carbocycles. The Balaban J connectivity index is 1.60. The first-order valence-electron chi connectivity index (χ1n) is 8.83. The van der Waals surface area contributed by atoms with Gasteiger partial charge in [-0.3, -0.25) is 9.59 Å². The number of hydrogen-bond acceptors (Lipinski definition) is 3. The van der Waals surface area contributed by atoms with Gasteiger partial charge < -0.3 is 20.9 Å². The molecule has 8 heteroatoms. The summed E-state index contributed by atoms with van der Waals surface area (Å²) in [5.41, 5.74) is 1.52. The Kier molecular flexibility index (Phi) is 5.36. The number of nitrogens with one attached hydrogen (secondary N) is 3. The van der Waals surface area contributed by atoms with Crippen LogP contribution < -0.4 is 16.0 Å². The third-order valence-electron chi connectivity index (χ3n) is 4.84. The van der Waals surface area contributed by atoms with Crippen LogP contribution in [0.3, 0.4) is 0 Å². The fraction of sp³-hybridized carbons (Fsp3) is 0.500. The quantitative estimate of drug-likeness (QED) is 0.748. The summed E-state index contributed by atoms with van der Waals surface area (Å²) in [4.78, 5) is 38.6. The lowest BCUT2D eigenvalue weighted by Crippen LogP contribution is -2.61. The summed E-state index contributed by atoms with van der Waals surface area (Å²) in [7, 11) is 0. The van der Waals surface area contributed by atoms with E-state index < -0.39 is 12.1 Å². The summed E-state index contributed by atoms with van der Waals surface area (Å²) in [6, 6.07) is 3.67. The van der Waals surface area contributed by atoms with Crippen molar-refractivity contribution in [1.82, 2.24) is 15.5 Å². The summed E-state index contributed by atoms with van der Waals surface area (Å²) < 4.78 is 0. The number of rotatable bonds is 4. The van der Waals surface area contributed by atoms with E-state index in [1.807, 2.05) is 19.9 Å². The zero-order valence-corrected chi connectivity index (χ0v) is 15.6. The number of nitrogens with zero attached hydrogens (tertiary/aromatic N) is 1. The maximum Gasteiger partial charge on any atom is 0.319 e. The second-order valence-corrected chi connectivity index (χ2v) is 7.26. The Morgan fingerprint density at radius 2 is 2.15 bits per heavy atom. The number of carbonyl (C=O) groups excluding carboxylic acids is 3. The number of aryl methyl sites for hydroxylation is 1. The number of fused-ring (bicyclic) bond motifs is 1. The molecular formula is C18H23ClN4O3. The first-order valence-corrected chi connectivity index (χ1v) is 9.21. The van der Waals surface area contributed by atoms with E-state index in [4.69, 9.17) is 11.6 Å². The third kappa shape index (κ3) is 3.77. The molecule has 2 saturated heterocycles. The van der Waals surface area contributed by atoms with Gasteiger partial charge in [0.15, 0.2) is 0 Å². The van der Waals surface area contributed by atoms with E-state index in [0.717, 1.165) is 12.0 Å². The number of benzene rings is 1. The van der Waals surface area contributed by atoms with E-state index in [2.05, 4.69) is 16.0 Å². The number of halogens is 1. The van der Waals surface area contributed by atoms with Crippen LogP contribution in [-0.4, -0.2) is 47.4 Å². The highest BCUT2D eigenvalue weighted by molar-refractivity contribution is 6.31. The monoisotopic (exact) mass is 378 g/mol. The van der Waals surface area contributed by atoms with Crippen LogP contribution in [0, 0.1) is 6.92 Å². The summed E-state index contributed by atoms with van der Waals surface area (Å²) in [5.74, 6) is -0.204. The standard InChI is InChI=1S/C18H23ClN4O3/c1-3-4-14-17(25)23-9-12(8-15(23)16(24)22-14)21-18(26)20-11-6-5-10(2)13(19)7-11/h5-7,12,14-15H,3-4,8-9H2,1-2H3,(H,22,24)(H2,20,21,26)/t12-,14-,15-/m0/s1. The van der Waals surface area contributed by atoms with E-state index in [9.17, 15) is 14.4 Å². The molecule has 0 unspecified atom stereocenters. The maximum absolute atomic E-state index is 12.5. The normalized spacial score (nSPS) is 24.9. The van der Waals surface area contributed by atoms with Gasteiger partial charge in [-0.25, -0.2) is 4.79 Å². The lowest BCUT2D eigenvalue weighted by molar-refractivity contribution is -0.147. The van der Waals surface area contributed by atoms with Crippen LogP contribution in [0.2, 0.25) is 5.02 Å². The summed E-state index contributed by atoms with van der Waals surface area (Å²) in [5, 5.41) is 8.93. The topological polar surface area (TPSA) is 90.5 Å². The molecule has 3 N–H and O–H groups in total. The summed E-state index contributed by atoms with van der Waals surface area (Å²) in [6.45, 7) is 4.20. The maximum atomic E-state index is 12.5. The molecule has 0 bridgehead atoms. The predicted octanol–water partition coefficient (Wildman–Crippen LogP) is 2.04. The molecule has 2 aliphatic rings. The lowest BCUT2D eigenvalue weighted by Gasteiger charge is -2.34. The molecule has 3 atom stereocenters. The minimum absolute atomic E-state index is 0.0634. The van der Waals surface area contributed by atoms with Gasteiger partial charge in [0.05, 0.1) is 6.04 Å². The van der Waals surface area contributed by atoms with E-state index in [1.165, 1.54) is 0 Å². The van der Waals surface area contributed by atoms with Crippen LogP contribution >= 0.6 is 11.6 Å². The number of piperazine rings is 1. The van der Waals surface area contributed by atoms with Gasteiger partial charge in [-0.1, -0.05) is 31.0 Å². The zero-order valence-electron chi connectivity index (χ0n) is 14.8. The Morgan fingerprint density at radius 1 is 1.38 bits per heavy atom. The highest BCUT2D eigenvalue weighted by atomic mass is 35.5. The van der Waals surface area contributed by atoms with Crippen molar-refractivity contribution in [3.8, 4) is 0 Å². The van der Waals surface area contributed by atoms with Gasteiger partial charge >= 0.3 is 6.03 Å². The molecule has 4 amide bonds. The van der Waals surface area contributed by atoms with Crippen molar-refractivity contribution in [1.29, 1.82) is 0 Å². The van der Waals surface area contributed by atoms with Gasteiger partial charge in [0, 0.05) is 17.3 Å². The van der Waals surface area contributed by atoms with Crippen molar-refractivity contribution in [3.05, 3.63) is 28.8 Å². The molecule has 0 radical (unpaired) electrons. The zero-order chi connectivity index (χ0) is 18.8. The second-order valence-electron chi connectivity index (χ2n) is 6.85. The van der Waals surface area contributed by atoms with Gasteiger partial charge in [-0.05, 0) is 37.5 Å². The number of hydrogen-bond donors (Lipinski definition) is 3. The van der Waals surface area contributed by atoms with Gasteiger partial charge in [-0.2, -0.15) is 0 Å². The number of amides is 4. The molecule has 26 heavy (non-hydrogen) atoms. The van der Waals surface area contributed by atoms with Crippen molar-refractivity contribution in [2.24, 2.45) is 0 Å². The fourth-order valence-electron chi connectivity index (χ4n) is 3.47. The first kappa shape index (κ1) is 18.5. The van der Waals surface area contributed by atoms with Crippen molar-refractivity contribution >= 4 is 35.1 Å². The van der Waals surface area contributed by atoms with Crippen LogP contribution in [0.1, 0.15) is 31.7 Å². The Morgan fingerprint density at radius 3 is 2.85 bits per heavy atom. The molecule has 140 valence electrons. The van der Waals surface area contributed by atoms with E-state index in [-0.39, 0.29) is 23.9 Å². The van der Waals surface area contributed by atoms with Crippen molar-refractivity contribution in [2.75, 3.05) is 11.9 Å². The Bertz CT molecular complexity index is 739. The predicted molar refractivity (Wildman–Crippen MR) is 99.1 cm³/mol. The number of anilines is 1. The molecule has 3 rings (SSSR count). The van der Waals surface area contributed by atoms with E-state index >= 15 is 0 Å². The Hall–Kier alpha value is -2.28. The van der Waals surface area contributed by atoms with Crippen molar-refractivity contribution < 1.29 is 14.4 Å². The van der Waals surface area contributed by atoms with Crippen LogP contribution in [0.4, 0.5) is 10.5 Å². The molecule has 2 aliphatic heterocycles. The number of carbonyl (C=O) groups is 3. The van der Waals surface area contributed by atoms with E-state index in [1.54, 1.807) is 17.0 Å². The van der Waals surface area contributed by atoms with Gasteiger partial charge in [0.1, 0.15) is 12.1 Å². The second kappa shape index (κ2) is 7.53. The molecule has 0 saturated carbocycles. The van der Waals surface area contributed by atoms with Crippen molar-refractivity contribution in [2.45, 2.75) is 51.2 Å². The van der Waals surface area contributed by atoms with E-state index in [0.29, 0.717) is 30.1 Å². The van der Waals surface area contributed by atoms with Crippen LogP contribution in [-0.2, 0) is 9.59 Å². The molecule has 1 aromatic rings. The minimum atomic E-state index is -0.505. The molecule has 0 spiro atoms. The molecule has 2 fully saturated rings. The smallest absolute Gasteiger partial charge is 0.319 e. The summed E-state index contributed by atoms with van der Waals surface area (Å²) in [6.07, 6.45) is 1.86. The van der Waals surface area contributed by atoms with Gasteiger partial charge in [0.25, 0.3) is 0 Å². The average molecular weight is 379 g/mol. The van der Waals surface area contributed by atoms with Crippen LogP contribution in [0.25, 0.3) is 0 Å². The molecule has 7 nitrogen and oxygen atoms in total. The Labute approximate surface area is 157 Å². The first-order chi connectivity index (χ1) is 12.4. The van der Waals surface area contributed by atoms with Crippen molar-refractivity contribution in [3.63, 3.8) is 0 Å². The summed E-state index contributed by atoms with van der Waals surface area (Å²) >= 11 is 6.06. The highest BCUT2D eigenvalue weighted by Crippen LogP contribution is 2.24. The largest absolute Gasteiger partial charge is 0.343 e. The van der Waals surface area contributed by atoms with Crippen LogP contribution in [0.15, 0.2) is 18.2 Å². The molecule has 0 aromatic heterocycles. The SMILES string of the molecule is CCC[C@@H]1NC(=O)[C@@H]2C[C@H](NC(=O)Nc3ccc(C)c(Cl)c3)CN2C1=O. The van der Waals surface area contributed by atoms with Crippen LogP contribution in [0.5, 0.6) is 0 Å². The lowest BCUT2D eigenvalue weighted by atomic mass is 10.0. The molecule has 2 heterocycles. The fourth-order valence-corrected chi connectivity index (χ4v) is 3.65. The molecular weight excluding hydrogens is 356 g/mol. The van der Waals surface area contributed by atoms with Gasteiger partial charge in [-0.15, -0.1) is 0 Å². The number of urea groups is 1. The minimum Gasteiger partial charge on any atom is -0.343 e. The average Bonchev–Trinajstić information content (AvgIpc) is 3.00. The van der Waals surface area contributed by atoms with Gasteiger partial charge in [0.2, 0.25) is 11.8 Å². The molecule has 0 aliphatic carbocycles.